The molecule has 4 nitrogen and oxygen atoms in total. The van der Waals surface area contributed by atoms with Gasteiger partial charge in [-0.25, -0.2) is 9.97 Å². The van der Waals surface area contributed by atoms with Crippen LogP contribution in [-0.4, -0.2) is 24.1 Å². The van der Waals surface area contributed by atoms with Crippen molar-refractivity contribution in [3.8, 4) is 17.0 Å². The summed E-state index contributed by atoms with van der Waals surface area (Å²) in [6.45, 7) is 0. The zero-order chi connectivity index (χ0) is 13.1. The van der Waals surface area contributed by atoms with Crippen molar-refractivity contribution in [1.82, 2.24) is 9.97 Å². The van der Waals surface area contributed by atoms with Gasteiger partial charge in [-0.1, -0.05) is 23.2 Å². The van der Waals surface area contributed by atoms with Gasteiger partial charge in [0.05, 0.1) is 12.1 Å². The summed E-state index contributed by atoms with van der Waals surface area (Å²) in [5, 5.41) is 4.03. The van der Waals surface area contributed by atoms with Crippen LogP contribution >= 0.6 is 23.2 Å². The van der Waals surface area contributed by atoms with E-state index in [1.54, 1.807) is 32.4 Å². The molecule has 1 aromatic carbocycles. The first-order valence-electron chi connectivity index (χ1n) is 5.19. The molecular weight excluding hydrogens is 273 g/mol. The van der Waals surface area contributed by atoms with Gasteiger partial charge < -0.3 is 10.1 Å². The maximum atomic E-state index is 6.17. The molecule has 1 heterocycles. The highest BCUT2D eigenvalue weighted by Gasteiger charge is 2.15. The average molecular weight is 284 g/mol. The molecule has 0 aliphatic rings. The van der Waals surface area contributed by atoms with Gasteiger partial charge in [-0.15, -0.1) is 0 Å². The van der Waals surface area contributed by atoms with E-state index in [4.69, 9.17) is 27.9 Å². The number of anilines is 1. The minimum absolute atomic E-state index is 0.515. The fourth-order valence-electron chi connectivity index (χ4n) is 1.62. The van der Waals surface area contributed by atoms with Gasteiger partial charge in [0.1, 0.15) is 12.0 Å². The van der Waals surface area contributed by atoms with Crippen LogP contribution in [0, 0.1) is 0 Å². The van der Waals surface area contributed by atoms with Crippen molar-refractivity contribution < 1.29 is 4.74 Å². The first-order chi connectivity index (χ1) is 8.67. The maximum absolute atomic E-state index is 6.17. The number of benzene rings is 1. The average Bonchev–Trinajstić information content (AvgIpc) is 2.37. The summed E-state index contributed by atoms with van der Waals surface area (Å²) in [7, 11) is 3.32. The van der Waals surface area contributed by atoms with E-state index in [2.05, 4.69) is 15.3 Å². The van der Waals surface area contributed by atoms with Crippen LogP contribution in [0.25, 0.3) is 11.3 Å². The van der Waals surface area contributed by atoms with Gasteiger partial charge in [0.15, 0.2) is 11.6 Å². The van der Waals surface area contributed by atoms with Crippen LogP contribution < -0.4 is 10.1 Å². The number of methoxy groups -OCH3 is 1. The number of halogens is 2. The van der Waals surface area contributed by atoms with Gasteiger partial charge in [-0.2, -0.15) is 0 Å². The van der Waals surface area contributed by atoms with Gasteiger partial charge in [0.2, 0.25) is 0 Å². The van der Waals surface area contributed by atoms with E-state index < -0.39 is 0 Å². The molecule has 0 spiro atoms. The van der Waals surface area contributed by atoms with Crippen LogP contribution in [0.2, 0.25) is 10.0 Å². The second-order valence-electron chi connectivity index (χ2n) is 3.48. The van der Waals surface area contributed by atoms with Crippen molar-refractivity contribution >= 4 is 29.0 Å². The summed E-state index contributed by atoms with van der Waals surface area (Å²) in [4.78, 5) is 8.30. The topological polar surface area (TPSA) is 47.0 Å². The number of hydrogen-bond donors (Lipinski definition) is 1. The summed E-state index contributed by atoms with van der Waals surface area (Å²) >= 11 is 12.0. The molecule has 0 fully saturated rings. The second kappa shape index (κ2) is 5.42. The molecule has 0 atom stereocenters. The molecule has 0 amide bonds. The summed E-state index contributed by atoms with van der Waals surface area (Å²) in [6.07, 6.45) is 1.45. The highest BCUT2D eigenvalue weighted by Crippen LogP contribution is 2.37. The Morgan fingerprint density at radius 1 is 1.22 bits per heavy atom. The van der Waals surface area contributed by atoms with Crippen molar-refractivity contribution in [1.29, 1.82) is 0 Å². The summed E-state index contributed by atoms with van der Waals surface area (Å²) < 4.78 is 5.33. The lowest BCUT2D eigenvalue weighted by Gasteiger charge is -2.12. The standard InChI is InChI=1S/C12H11Cl2N3O/c1-15-12-11(18-2)10(16-6-17-12)8-4-3-7(13)5-9(8)14/h3-6H,1-2H3,(H,15,16,17). The largest absolute Gasteiger partial charge is 0.491 e. The minimum Gasteiger partial charge on any atom is -0.491 e. The van der Waals surface area contributed by atoms with Crippen LogP contribution in [0.15, 0.2) is 24.5 Å². The van der Waals surface area contributed by atoms with Gasteiger partial charge in [-0.05, 0) is 18.2 Å². The van der Waals surface area contributed by atoms with Crippen molar-refractivity contribution in [2.75, 3.05) is 19.5 Å². The Kier molecular flexibility index (Phi) is 3.89. The first-order valence-corrected chi connectivity index (χ1v) is 5.95. The molecule has 0 saturated heterocycles. The van der Waals surface area contributed by atoms with E-state index in [9.17, 15) is 0 Å². The van der Waals surface area contributed by atoms with Crippen molar-refractivity contribution in [3.05, 3.63) is 34.6 Å². The summed E-state index contributed by atoms with van der Waals surface area (Å²) in [5.74, 6) is 1.15. The quantitative estimate of drug-likeness (QED) is 0.937. The number of hydrogen-bond acceptors (Lipinski definition) is 4. The Hall–Kier alpha value is -1.52. The Labute approximate surface area is 115 Å². The van der Waals surface area contributed by atoms with Crippen LogP contribution in [0.3, 0.4) is 0 Å². The molecule has 2 aromatic rings. The highest BCUT2D eigenvalue weighted by molar-refractivity contribution is 6.36. The third-order valence-corrected chi connectivity index (χ3v) is 2.98. The lowest BCUT2D eigenvalue weighted by Crippen LogP contribution is -2.00. The molecule has 0 saturated carbocycles. The van der Waals surface area contributed by atoms with Gasteiger partial charge in [-0.3, -0.25) is 0 Å². The van der Waals surface area contributed by atoms with Crippen molar-refractivity contribution in [2.24, 2.45) is 0 Å². The zero-order valence-corrected chi connectivity index (χ0v) is 11.4. The number of aromatic nitrogens is 2. The third kappa shape index (κ3) is 2.35. The van der Waals surface area contributed by atoms with E-state index in [0.29, 0.717) is 27.3 Å². The van der Waals surface area contributed by atoms with E-state index in [-0.39, 0.29) is 0 Å². The molecule has 6 heteroatoms. The van der Waals surface area contributed by atoms with E-state index in [1.807, 2.05) is 0 Å². The Balaban J connectivity index is 2.63. The molecule has 0 bridgehead atoms. The highest BCUT2D eigenvalue weighted by atomic mass is 35.5. The molecule has 0 unspecified atom stereocenters. The molecule has 0 aliphatic carbocycles. The molecule has 0 aliphatic heterocycles. The van der Waals surface area contributed by atoms with E-state index >= 15 is 0 Å². The van der Waals surface area contributed by atoms with Crippen molar-refractivity contribution in [2.45, 2.75) is 0 Å². The number of ether oxygens (including phenoxy) is 1. The Morgan fingerprint density at radius 2 is 2.00 bits per heavy atom. The number of rotatable bonds is 3. The first kappa shape index (κ1) is 12.9. The fourth-order valence-corrected chi connectivity index (χ4v) is 2.12. The summed E-state index contributed by atoms with van der Waals surface area (Å²) in [5.41, 5.74) is 1.37. The molecule has 18 heavy (non-hydrogen) atoms. The third-order valence-electron chi connectivity index (χ3n) is 2.43. The number of nitrogens with zero attached hydrogens (tertiary/aromatic N) is 2. The lowest BCUT2D eigenvalue weighted by atomic mass is 10.1. The predicted octanol–water partition coefficient (Wildman–Crippen LogP) is 3.50. The summed E-state index contributed by atoms with van der Waals surface area (Å²) in [6, 6.07) is 5.22. The van der Waals surface area contributed by atoms with Crippen molar-refractivity contribution in [3.63, 3.8) is 0 Å². The van der Waals surface area contributed by atoms with E-state index in [0.717, 1.165) is 5.56 Å². The molecule has 1 aromatic heterocycles. The smallest absolute Gasteiger partial charge is 0.187 e. The SMILES string of the molecule is CNc1ncnc(-c2ccc(Cl)cc2Cl)c1OC. The van der Waals surface area contributed by atoms with Crippen LogP contribution in [-0.2, 0) is 0 Å². The monoisotopic (exact) mass is 283 g/mol. The van der Waals surface area contributed by atoms with Crippen LogP contribution in [0.1, 0.15) is 0 Å². The maximum Gasteiger partial charge on any atom is 0.187 e. The molecular formula is C12H11Cl2N3O. The fraction of sp³-hybridized carbons (Fsp3) is 0.167. The molecule has 0 radical (unpaired) electrons. The molecule has 94 valence electrons. The van der Waals surface area contributed by atoms with Gasteiger partial charge in [0, 0.05) is 17.6 Å². The zero-order valence-electron chi connectivity index (χ0n) is 9.87. The van der Waals surface area contributed by atoms with Gasteiger partial charge in [0.25, 0.3) is 0 Å². The number of nitrogens with one attached hydrogen (secondary N) is 1. The van der Waals surface area contributed by atoms with Gasteiger partial charge >= 0.3 is 0 Å². The minimum atomic E-state index is 0.515. The second-order valence-corrected chi connectivity index (χ2v) is 4.32. The molecule has 2 rings (SSSR count). The predicted molar refractivity (Wildman–Crippen MR) is 73.6 cm³/mol. The van der Waals surface area contributed by atoms with Crippen LogP contribution in [0.4, 0.5) is 5.82 Å². The van der Waals surface area contributed by atoms with Crippen LogP contribution in [0.5, 0.6) is 5.75 Å². The Morgan fingerprint density at radius 3 is 2.61 bits per heavy atom. The molecule has 1 N–H and O–H groups in total. The lowest BCUT2D eigenvalue weighted by molar-refractivity contribution is 0.415. The Bertz CT molecular complexity index is 575. The van der Waals surface area contributed by atoms with E-state index in [1.165, 1.54) is 6.33 Å². The normalized spacial score (nSPS) is 10.2.